The molecule has 2 N–H and O–H groups in total. The summed E-state index contributed by atoms with van der Waals surface area (Å²) >= 11 is 0. The van der Waals surface area contributed by atoms with Crippen molar-refractivity contribution in [2.24, 2.45) is 5.92 Å². The molecule has 3 atom stereocenters. The molecule has 0 amide bonds. The third kappa shape index (κ3) is 2.72. The van der Waals surface area contributed by atoms with Gasteiger partial charge in [0.25, 0.3) is 0 Å². The van der Waals surface area contributed by atoms with Gasteiger partial charge in [0.15, 0.2) is 0 Å². The van der Waals surface area contributed by atoms with Crippen molar-refractivity contribution in [1.29, 1.82) is 0 Å². The Kier molecular flexibility index (Phi) is 4.27. The van der Waals surface area contributed by atoms with E-state index in [1.54, 1.807) is 6.92 Å². The van der Waals surface area contributed by atoms with Crippen LogP contribution in [-0.4, -0.2) is 24.3 Å². The maximum atomic E-state index is 9.76. The lowest BCUT2D eigenvalue weighted by atomic mass is 9.81. The summed E-state index contributed by atoms with van der Waals surface area (Å²) in [5, 5.41) is 13.0. The molecule has 2 nitrogen and oxygen atoms in total. The molecule has 0 heterocycles. The highest BCUT2D eigenvalue weighted by Crippen LogP contribution is 2.26. The maximum absolute atomic E-state index is 9.76. The van der Waals surface area contributed by atoms with E-state index < -0.39 is 6.10 Å². The Morgan fingerprint density at radius 3 is 2.69 bits per heavy atom. The molecular weight excluding hydrogens is 162 g/mol. The van der Waals surface area contributed by atoms with Crippen LogP contribution in [0.15, 0.2) is 0 Å². The Morgan fingerprint density at radius 1 is 1.38 bits per heavy atom. The average Bonchev–Trinajstić information content (AvgIpc) is 2.18. The van der Waals surface area contributed by atoms with Gasteiger partial charge in [0.2, 0.25) is 0 Å². The summed E-state index contributed by atoms with van der Waals surface area (Å²) in [5.74, 6) is 5.95. The fourth-order valence-corrected chi connectivity index (χ4v) is 2.15. The van der Waals surface area contributed by atoms with Gasteiger partial charge in [-0.05, 0) is 26.8 Å². The van der Waals surface area contributed by atoms with Crippen molar-refractivity contribution < 1.29 is 5.11 Å². The van der Waals surface area contributed by atoms with Gasteiger partial charge in [-0.2, -0.15) is 0 Å². The normalized spacial score (nSPS) is 30.4. The summed E-state index contributed by atoms with van der Waals surface area (Å²) in [6.07, 6.45) is 4.33. The van der Waals surface area contributed by atoms with E-state index in [1.807, 2.05) is 7.05 Å². The van der Waals surface area contributed by atoms with Crippen molar-refractivity contribution in [3.8, 4) is 11.8 Å². The zero-order valence-corrected chi connectivity index (χ0v) is 8.51. The van der Waals surface area contributed by atoms with E-state index in [4.69, 9.17) is 0 Å². The zero-order valence-electron chi connectivity index (χ0n) is 8.51. The van der Waals surface area contributed by atoms with Gasteiger partial charge >= 0.3 is 0 Å². The van der Waals surface area contributed by atoms with Gasteiger partial charge in [-0.25, -0.2) is 0 Å². The summed E-state index contributed by atoms with van der Waals surface area (Å²) < 4.78 is 0. The molecule has 0 spiro atoms. The Hall–Kier alpha value is -0.520. The van der Waals surface area contributed by atoms with Crippen LogP contribution in [0.1, 0.15) is 32.6 Å². The van der Waals surface area contributed by atoms with Crippen LogP contribution >= 0.6 is 0 Å². The molecule has 0 bridgehead atoms. The molecule has 1 aliphatic rings. The number of hydrogen-bond acceptors (Lipinski definition) is 2. The first-order chi connectivity index (χ1) is 6.29. The first-order valence-electron chi connectivity index (χ1n) is 5.07. The van der Waals surface area contributed by atoms with Crippen molar-refractivity contribution in [3.63, 3.8) is 0 Å². The Balaban J connectivity index is 2.56. The largest absolute Gasteiger partial charge is 0.380 e. The highest BCUT2D eigenvalue weighted by Gasteiger charge is 2.28. The van der Waals surface area contributed by atoms with Crippen LogP contribution in [0.2, 0.25) is 0 Å². The second-order valence-electron chi connectivity index (χ2n) is 3.68. The standard InChI is InChI=1S/C11H19NO/c1-3-6-11(13)9-7-4-5-8-10(9)12-2/h9-13H,4-5,7-8H2,1-2H3. The van der Waals surface area contributed by atoms with Crippen molar-refractivity contribution >= 4 is 0 Å². The van der Waals surface area contributed by atoms with Crippen LogP contribution in [0.5, 0.6) is 0 Å². The predicted octanol–water partition coefficient (Wildman–Crippen LogP) is 1.15. The van der Waals surface area contributed by atoms with E-state index in [-0.39, 0.29) is 0 Å². The Morgan fingerprint density at radius 2 is 2.08 bits per heavy atom. The molecule has 2 heteroatoms. The molecular formula is C11H19NO. The molecule has 1 rings (SSSR count). The molecule has 0 aliphatic heterocycles. The summed E-state index contributed by atoms with van der Waals surface area (Å²) in [6, 6.07) is 0.449. The van der Waals surface area contributed by atoms with E-state index in [9.17, 15) is 5.11 Å². The maximum Gasteiger partial charge on any atom is 0.119 e. The summed E-state index contributed by atoms with van der Waals surface area (Å²) in [5.41, 5.74) is 0. The molecule has 0 aromatic heterocycles. The number of hydrogen-bond donors (Lipinski definition) is 2. The van der Waals surface area contributed by atoms with E-state index in [0.29, 0.717) is 12.0 Å². The van der Waals surface area contributed by atoms with Crippen LogP contribution in [0.3, 0.4) is 0 Å². The minimum absolute atomic E-state index is 0.325. The second kappa shape index (κ2) is 5.26. The van der Waals surface area contributed by atoms with E-state index in [2.05, 4.69) is 17.2 Å². The summed E-state index contributed by atoms with van der Waals surface area (Å²) in [6.45, 7) is 1.78. The van der Waals surface area contributed by atoms with Crippen LogP contribution in [0.25, 0.3) is 0 Å². The molecule has 13 heavy (non-hydrogen) atoms. The first-order valence-corrected chi connectivity index (χ1v) is 5.07. The molecule has 0 saturated heterocycles. The van der Waals surface area contributed by atoms with Crippen molar-refractivity contribution in [2.45, 2.75) is 44.8 Å². The summed E-state index contributed by atoms with van der Waals surface area (Å²) in [7, 11) is 1.97. The molecule has 0 aromatic rings. The van der Waals surface area contributed by atoms with E-state index in [1.165, 1.54) is 19.3 Å². The zero-order chi connectivity index (χ0) is 9.68. The lowest BCUT2D eigenvalue weighted by molar-refractivity contribution is 0.107. The van der Waals surface area contributed by atoms with Crippen LogP contribution in [0.4, 0.5) is 0 Å². The minimum Gasteiger partial charge on any atom is -0.380 e. The van der Waals surface area contributed by atoms with E-state index in [0.717, 1.165) is 6.42 Å². The molecule has 1 saturated carbocycles. The number of aliphatic hydroxyl groups is 1. The number of aliphatic hydroxyl groups excluding tert-OH is 1. The van der Waals surface area contributed by atoms with Crippen LogP contribution in [-0.2, 0) is 0 Å². The van der Waals surface area contributed by atoms with Crippen LogP contribution < -0.4 is 5.32 Å². The van der Waals surface area contributed by atoms with Crippen molar-refractivity contribution in [3.05, 3.63) is 0 Å². The third-order valence-corrected chi connectivity index (χ3v) is 2.89. The van der Waals surface area contributed by atoms with Crippen LogP contribution in [0, 0.1) is 17.8 Å². The lowest BCUT2D eigenvalue weighted by Gasteiger charge is -2.32. The Bertz CT molecular complexity index is 204. The van der Waals surface area contributed by atoms with Gasteiger partial charge in [0, 0.05) is 12.0 Å². The van der Waals surface area contributed by atoms with Gasteiger partial charge in [-0.15, -0.1) is 5.92 Å². The fourth-order valence-electron chi connectivity index (χ4n) is 2.15. The smallest absolute Gasteiger partial charge is 0.119 e. The minimum atomic E-state index is -0.442. The van der Waals surface area contributed by atoms with Gasteiger partial charge in [-0.1, -0.05) is 18.8 Å². The van der Waals surface area contributed by atoms with Gasteiger partial charge in [0.1, 0.15) is 6.10 Å². The van der Waals surface area contributed by atoms with E-state index >= 15 is 0 Å². The molecule has 0 radical (unpaired) electrons. The van der Waals surface area contributed by atoms with Gasteiger partial charge < -0.3 is 10.4 Å². The quantitative estimate of drug-likeness (QED) is 0.626. The molecule has 1 fully saturated rings. The second-order valence-corrected chi connectivity index (χ2v) is 3.68. The highest BCUT2D eigenvalue weighted by molar-refractivity contribution is 5.06. The molecule has 3 unspecified atom stereocenters. The topological polar surface area (TPSA) is 32.3 Å². The van der Waals surface area contributed by atoms with Crippen molar-refractivity contribution in [2.75, 3.05) is 7.05 Å². The first kappa shape index (κ1) is 10.6. The Labute approximate surface area is 80.7 Å². The SMILES string of the molecule is CC#CC(O)C1CCCCC1NC. The predicted molar refractivity (Wildman–Crippen MR) is 54.3 cm³/mol. The van der Waals surface area contributed by atoms with Gasteiger partial charge in [-0.3, -0.25) is 0 Å². The summed E-state index contributed by atoms with van der Waals surface area (Å²) in [4.78, 5) is 0. The monoisotopic (exact) mass is 181 g/mol. The van der Waals surface area contributed by atoms with Gasteiger partial charge in [0.05, 0.1) is 0 Å². The molecule has 0 aromatic carbocycles. The highest BCUT2D eigenvalue weighted by atomic mass is 16.3. The molecule has 1 aliphatic carbocycles. The fraction of sp³-hybridized carbons (Fsp3) is 0.818. The molecule has 74 valence electrons. The van der Waals surface area contributed by atoms with Crippen molar-refractivity contribution in [1.82, 2.24) is 5.32 Å². The number of rotatable bonds is 2. The third-order valence-electron chi connectivity index (χ3n) is 2.89. The average molecular weight is 181 g/mol. The lowest BCUT2D eigenvalue weighted by Crippen LogP contribution is -2.41. The number of nitrogens with one attached hydrogen (secondary N) is 1.